The minimum absolute atomic E-state index is 0.0974. The zero-order chi connectivity index (χ0) is 14.8. The molecule has 1 aliphatic rings. The van der Waals surface area contributed by atoms with Gasteiger partial charge in [-0.2, -0.15) is 0 Å². The Balaban J connectivity index is 2.05. The van der Waals surface area contributed by atoms with Crippen LogP contribution < -0.4 is 9.47 Å². The predicted octanol–water partition coefficient (Wildman–Crippen LogP) is 2.53. The lowest BCUT2D eigenvalue weighted by atomic mass is 10.1. The zero-order valence-corrected chi connectivity index (χ0v) is 12.2. The van der Waals surface area contributed by atoms with Gasteiger partial charge >= 0.3 is 0 Å². The monoisotopic (exact) mass is 286 g/mol. The minimum atomic E-state index is -0.0974. The molecule has 0 aliphatic carbocycles. The molecular weight excluding hydrogens is 268 g/mol. The quantitative estimate of drug-likeness (QED) is 0.939. The van der Waals surface area contributed by atoms with Crippen molar-refractivity contribution in [1.29, 1.82) is 0 Å². The lowest BCUT2D eigenvalue weighted by Gasteiger charge is -2.19. The number of fused-ring (bicyclic) bond motifs is 1. The van der Waals surface area contributed by atoms with E-state index in [0.29, 0.717) is 30.5 Å². The summed E-state index contributed by atoms with van der Waals surface area (Å²) in [6, 6.07) is 7.50. The fraction of sp³-hybridized carbons (Fsp3) is 0.375. The molecule has 1 aliphatic heterocycles. The second-order valence-electron chi connectivity index (χ2n) is 5.28. The van der Waals surface area contributed by atoms with Crippen molar-refractivity contribution in [2.75, 3.05) is 13.2 Å². The summed E-state index contributed by atoms with van der Waals surface area (Å²) in [7, 11) is 0. The summed E-state index contributed by atoms with van der Waals surface area (Å²) in [5.74, 6) is 2.33. The number of ether oxygens (including phenoxy) is 2. The van der Waals surface area contributed by atoms with Gasteiger partial charge in [0.2, 0.25) is 0 Å². The summed E-state index contributed by atoms with van der Waals surface area (Å²) in [6.07, 6.45) is 0. The summed E-state index contributed by atoms with van der Waals surface area (Å²) < 4.78 is 11.1. The van der Waals surface area contributed by atoms with Crippen LogP contribution in [0.4, 0.5) is 0 Å². The van der Waals surface area contributed by atoms with E-state index in [0.717, 1.165) is 17.0 Å². The number of rotatable bonds is 3. The first-order valence-electron chi connectivity index (χ1n) is 7.06. The molecular formula is C16H18N2O3. The van der Waals surface area contributed by atoms with Crippen molar-refractivity contribution >= 4 is 0 Å². The highest BCUT2D eigenvalue weighted by atomic mass is 16.6. The molecule has 0 unspecified atom stereocenters. The number of hydrogen-bond acceptors (Lipinski definition) is 5. The molecule has 0 saturated carbocycles. The third kappa shape index (κ3) is 2.83. The Morgan fingerprint density at radius 1 is 1.10 bits per heavy atom. The molecule has 0 fully saturated rings. The maximum atomic E-state index is 9.37. The lowest BCUT2D eigenvalue weighted by Crippen LogP contribution is -2.15. The van der Waals surface area contributed by atoms with Crippen molar-refractivity contribution in [2.24, 2.45) is 0 Å². The van der Waals surface area contributed by atoms with Crippen LogP contribution in [0.2, 0.25) is 0 Å². The Kier molecular flexibility index (Phi) is 3.75. The molecule has 0 bridgehead atoms. The topological polar surface area (TPSA) is 64.5 Å². The van der Waals surface area contributed by atoms with Gasteiger partial charge in [-0.25, -0.2) is 9.97 Å². The van der Waals surface area contributed by atoms with Gasteiger partial charge in [0.25, 0.3) is 0 Å². The Labute approximate surface area is 123 Å². The zero-order valence-electron chi connectivity index (χ0n) is 12.2. The predicted molar refractivity (Wildman–Crippen MR) is 78.5 cm³/mol. The molecule has 0 atom stereocenters. The van der Waals surface area contributed by atoms with E-state index in [1.807, 2.05) is 24.3 Å². The SMILES string of the molecule is CC(C)c1cc(CO)nc(-c2ccc3c(c2)OCCO3)n1. The van der Waals surface area contributed by atoms with Crippen molar-refractivity contribution in [3.05, 3.63) is 35.7 Å². The summed E-state index contributed by atoms with van der Waals surface area (Å²) in [5, 5.41) is 9.37. The lowest BCUT2D eigenvalue weighted by molar-refractivity contribution is 0.171. The fourth-order valence-corrected chi connectivity index (χ4v) is 2.21. The van der Waals surface area contributed by atoms with Crippen LogP contribution in [0.25, 0.3) is 11.4 Å². The molecule has 5 heteroatoms. The fourth-order valence-electron chi connectivity index (χ4n) is 2.21. The van der Waals surface area contributed by atoms with E-state index in [-0.39, 0.29) is 12.5 Å². The Morgan fingerprint density at radius 2 is 1.86 bits per heavy atom. The number of aliphatic hydroxyl groups excluding tert-OH is 1. The van der Waals surface area contributed by atoms with Gasteiger partial charge in [-0.15, -0.1) is 0 Å². The van der Waals surface area contributed by atoms with E-state index in [1.165, 1.54) is 0 Å². The maximum absolute atomic E-state index is 9.37. The van der Waals surface area contributed by atoms with Gasteiger partial charge in [-0.3, -0.25) is 0 Å². The van der Waals surface area contributed by atoms with Crippen LogP contribution in [0.15, 0.2) is 24.3 Å². The van der Waals surface area contributed by atoms with Crippen molar-refractivity contribution in [2.45, 2.75) is 26.4 Å². The summed E-state index contributed by atoms with van der Waals surface area (Å²) in [6.45, 7) is 5.15. The van der Waals surface area contributed by atoms with Crippen molar-refractivity contribution in [1.82, 2.24) is 9.97 Å². The molecule has 0 amide bonds. The summed E-state index contributed by atoms with van der Waals surface area (Å²) in [4.78, 5) is 8.98. The summed E-state index contributed by atoms with van der Waals surface area (Å²) >= 11 is 0. The van der Waals surface area contributed by atoms with Gasteiger partial charge in [0.05, 0.1) is 12.3 Å². The van der Waals surface area contributed by atoms with Crippen LogP contribution in [0.3, 0.4) is 0 Å². The van der Waals surface area contributed by atoms with Gasteiger partial charge in [-0.1, -0.05) is 13.8 Å². The first-order valence-corrected chi connectivity index (χ1v) is 7.06. The number of nitrogens with zero attached hydrogens (tertiary/aromatic N) is 2. The first kappa shape index (κ1) is 13.8. The molecule has 5 nitrogen and oxygen atoms in total. The van der Waals surface area contributed by atoms with E-state index in [1.54, 1.807) is 0 Å². The molecule has 2 aromatic rings. The number of aliphatic hydroxyl groups is 1. The Bertz CT molecular complexity index is 656. The van der Waals surface area contributed by atoms with Crippen LogP contribution >= 0.6 is 0 Å². The Hall–Kier alpha value is -2.14. The molecule has 1 N–H and O–H groups in total. The summed E-state index contributed by atoms with van der Waals surface area (Å²) in [5.41, 5.74) is 2.40. The molecule has 2 heterocycles. The van der Waals surface area contributed by atoms with Crippen molar-refractivity contribution in [3.8, 4) is 22.9 Å². The van der Waals surface area contributed by atoms with Gasteiger partial charge in [-0.05, 0) is 30.2 Å². The van der Waals surface area contributed by atoms with E-state index in [2.05, 4.69) is 23.8 Å². The van der Waals surface area contributed by atoms with Crippen molar-refractivity contribution in [3.63, 3.8) is 0 Å². The maximum Gasteiger partial charge on any atom is 0.162 e. The van der Waals surface area contributed by atoms with Crippen LogP contribution in [-0.4, -0.2) is 28.3 Å². The molecule has 0 radical (unpaired) electrons. The molecule has 3 rings (SSSR count). The van der Waals surface area contributed by atoms with Gasteiger partial charge in [0.15, 0.2) is 17.3 Å². The van der Waals surface area contributed by atoms with Gasteiger partial charge < -0.3 is 14.6 Å². The highest BCUT2D eigenvalue weighted by Gasteiger charge is 2.15. The second-order valence-corrected chi connectivity index (χ2v) is 5.28. The number of aromatic nitrogens is 2. The molecule has 110 valence electrons. The normalized spacial score (nSPS) is 13.5. The van der Waals surface area contributed by atoms with Crippen LogP contribution in [0.5, 0.6) is 11.5 Å². The third-order valence-corrected chi connectivity index (χ3v) is 3.35. The molecule has 1 aromatic carbocycles. The third-order valence-electron chi connectivity index (χ3n) is 3.35. The smallest absolute Gasteiger partial charge is 0.162 e. The second kappa shape index (κ2) is 5.69. The molecule has 0 saturated heterocycles. The average Bonchev–Trinajstić information content (AvgIpc) is 2.53. The highest BCUT2D eigenvalue weighted by Crippen LogP contribution is 2.33. The van der Waals surface area contributed by atoms with E-state index in [4.69, 9.17) is 9.47 Å². The number of hydrogen-bond donors (Lipinski definition) is 1. The number of benzene rings is 1. The highest BCUT2D eigenvalue weighted by molar-refractivity contribution is 5.61. The standard InChI is InChI=1S/C16H18N2O3/c1-10(2)13-8-12(9-19)17-16(18-13)11-3-4-14-15(7-11)21-6-5-20-14/h3-4,7-8,10,19H,5-6,9H2,1-2H3. The molecule has 0 spiro atoms. The van der Waals surface area contributed by atoms with E-state index in [9.17, 15) is 5.11 Å². The van der Waals surface area contributed by atoms with E-state index < -0.39 is 0 Å². The average molecular weight is 286 g/mol. The van der Waals surface area contributed by atoms with Crippen molar-refractivity contribution < 1.29 is 14.6 Å². The van der Waals surface area contributed by atoms with Crippen LogP contribution in [-0.2, 0) is 6.61 Å². The van der Waals surface area contributed by atoms with Gasteiger partial charge in [0.1, 0.15) is 13.2 Å². The van der Waals surface area contributed by atoms with E-state index >= 15 is 0 Å². The first-order chi connectivity index (χ1) is 10.2. The van der Waals surface area contributed by atoms with Crippen LogP contribution in [0.1, 0.15) is 31.2 Å². The minimum Gasteiger partial charge on any atom is -0.486 e. The molecule has 1 aromatic heterocycles. The largest absolute Gasteiger partial charge is 0.486 e. The van der Waals surface area contributed by atoms with Gasteiger partial charge in [0, 0.05) is 11.3 Å². The van der Waals surface area contributed by atoms with Crippen LogP contribution in [0, 0.1) is 0 Å². The Morgan fingerprint density at radius 3 is 2.57 bits per heavy atom. The molecule has 21 heavy (non-hydrogen) atoms.